The number of aryl methyl sites for hydroxylation is 2. The van der Waals surface area contributed by atoms with Gasteiger partial charge in [0.25, 0.3) is 0 Å². The molecule has 0 saturated carbocycles. The second-order valence-electron chi connectivity index (χ2n) is 6.59. The van der Waals surface area contributed by atoms with Crippen molar-refractivity contribution in [1.82, 2.24) is 5.32 Å². The first-order valence-electron chi connectivity index (χ1n) is 8.89. The van der Waals surface area contributed by atoms with E-state index in [1.807, 2.05) is 11.8 Å². The van der Waals surface area contributed by atoms with Gasteiger partial charge in [-0.15, -0.1) is 0 Å². The van der Waals surface area contributed by atoms with Crippen LogP contribution in [0.15, 0.2) is 52.3 Å². The summed E-state index contributed by atoms with van der Waals surface area (Å²) in [4.78, 5) is 21.0. The molecule has 0 atom stereocenters. The van der Waals surface area contributed by atoms with E-state index in [1.54, 1.807) is 5.56 Å². The molecule has 144 valence electrons. The van der Waals surface area contributed by atoms with Crippen molar-refractivity contribution in [1.29, 1.82) is 0 Å². The molecule has 5 nitrogen and oxygen atoms in total. The van der Waals surface area contributed by atoms with Crippen LogP contribution in [0.2, 0.25) is 0 Å². The average molecular weight is 388 g/mol. The quantitative estimate of drug-likeness (QED) is 0.688. The summed E-state index contributed by atoms with van der Waals surface area (Å²) in [6.07, 6.45) is 2.51. The maximum absolute atomic E-state index is 9.10. The third-order valence-electron chi connectivity index (χ3n) is 4.38. The average Bonchev–Trinajstić information content (AvgIpc) is 2.66. The van der Waals surface area contributed by atoms with Gasteiger partial charge in [0.2, 0.25) is 0 Å². The molecule has 0 spiro atoms. The van der Waals surface area contributed by atoms with Crippen LogP contribution < -0.4 is 5.32 Å². The van der Waals surface area contributed by atoms with Crippen molar-refractivity contribution in [2.24, 2.45) is 0 Å². The number of aliphatic carboxylic acids is 2. The molecular formula is C21H25NO4S. The van der Waals surface area contributed by atoms with Crippen LogP contribution in [0.4, 0.5) is 0 Å². The van der Waals surface area contributed by atoms with Crippen LogP contribution in [0.5, 0.6) is 0 Å². The third kappa shape index (κ3) is 6.73. The molecule has 0 aromatic heterocycles. The lowest BCUT2D eigenvalue weighted by Gasteiger charge is -2.25. The molecule has 6 heteroatoms. The van der Waals surface area contributed by atoms with Crippen LogP contribution in [0.1, 0.15) is 35.4 Å². The van der Waals surface area contributed by atoms with Crippen molar-refractivity contribution in [3.8, 4) is 0 Å². The van der Waals surface area contributed by atoms with E-state index in [0.717, 1.165) is 13.1 Å². The van der Waals surface area contributed by atoms with Gasteiger partial charge < -0.3 is 15.5 Å². The summed E-state index contributed by atoms with van der Waals surface area (Å²) >= 11 is 1.90. The van der Waals surface area contributed by atoms with E-state index < -0.39 is 11.9 Å². The van der Waals surface area contributed by atoms with Gasteiger partial charge in [-0.2, -0.15) is 0 Å². The highest BCUT2D eigenvalue weighted by Gasteiger charge is 2.18. The fourth-order valence-electron chi connectivity index (χ4n) is 2.95. The summed E-state index contributed by atoms with van der Waals surface area (Å²) in [5.74, 6) is -2.94. The first-order valence-corrected chi connectivity index (χ1v) is 9.70. The highest BCUT2D eigenvalue weighted by atomic mass is 32.2. The molecule has 0 aliphatic carbocycles. The van der Waals surface area contributed by atoms with Crippen LogP contribution in [-0.2, 0) is 9.59 Å². The van der Waals surface area contributed by atoms with Gasteiger partial charge >= 0.3 is 11.9 Å². The molecule has 1 saturated heterocycles. The first kappa shape index (κ1) is 21.0. The summed E-state index contributed by atoms with van der Waals surface area (Å²) in [7, 11) is 0. The molecule has 0 radical (unpaired) electrons. The number of hydrogen-bond acceptors (Lipinski definition) is 4. The molecule has 2 aromatic carbocycles. The molecule has 0 amide bonds. The van der Waals surface area contributed by atoms with Gasteiger partial charge in [-0.05, 0) is 69.5 Å². The number of piperidine rings is 1. The number of hydrogen-bond donors (Lipinski definition) is 3. The topological polar surface area (TPSA) is 86.6 Å². The van der Waals surface area contributed by atoms with Crippen molar-refractivity contribution in [3.05, 3.63) is 59.2 Å². The zero-order valence-electron chi connectivity index (χ0n) is 15.6. The fourth-order valence-corrected chi connectivity index (χ4v) is 3.95. The van der Waals surface area contributed by atoms with Crippen LogP contribution in [-0.4, -0.2) is 35.2 Å². The number of carboxylic acid groups (broad SMARTS) is 2. The standard InChI is InChI=1S/C19H23NS.C2H2O4/c1-14-3-6-17(7-4-14)21-19-8-5-15(2)13-18(19)16-9-11-20-12-10-16;3-1(4)2(5)6/h3-8,13,16,20H,9-12H2,1-2H3;(H,3,4)(H,5,6). The van der Waals surface area contributed by atoms with E-state index in [2.05, 4.69) is 61.6 Å². The predicted molar refractivity (Wildman–Crippen MR) is 107 cm³/mol. The van der Waals surface area contributed by atoms with Gasteiger partial charge in [0.05, 0.1) is 0 Å². The lowest BCUT2D eigenvalue weighted by molar-refractivity contribution is -0.159. The lowest BCUT2D eigenvalue weighted by atomic mass is 9.89. The summed E-state index contributed by atoms with van der Waals surface area (Å²) < 4.78 is 0. The Bertz CT molecular complexity index is 771. The van der Waals surface area contributed by atoms with Gasteiger partial charge in [-0.3, -0.25) is 0 Å². The Morgan fingerprint density at radius 3 is 2.04 bits per heavy atom. The molecular weight excluding hydrogens is 362 g/mol. The monoisotopic (exact) mass is 387 g/mol. The summed E-state index contributed by atoms with van der Waals surface area (Å²) in [6, 6.07) is 15.8. The Hall–Kier alpha value is -2.31. The van der Waals surface area contributed by atoms with Gasteiger partial charge in [0.15, 0.2) is 0 Å². The normalized spacial score (nSPS) is 14.1. The smallest absolute Gasteiger partial charge is 0.414 e. The van der Waals surface area contributed by atoms with E-state index >= 15 is 0 Å². The predicted octanol–water partition coefficient (Wildman–Crippen LogP) is 4.08. The number of benzene rings is 2. The Morgan fingerprint density at radius 2 is 1.48 bits per heavy atom. The first-order chi connectivity index (χ1) is 12.9. The molecule has 1 aliphatic heterocycles. The van der Waals surface area contributed by atoms with Crippen molar-refractivity contribution in [3.63, 3.8) is 0 Å². The minimum atomic E-state index is -1.82. The van der Waals surface area contributed by atoms with Crippen LogP contribution in [0.25, 0.3) is 0 Å². The highest BCUT2D eigenvalue weighted by molar-refractivity contribution is 7.99. The molecule has 2 aromatic rings. The van der Waals surface area contributed by atoms with Crippen molar-refractivity contribution >= 4 is 23.7 Å². The molecule has 1 aliphatic rings. The van der Waals surface area contributed by atoms with Gasteiger partial charge in [0.1, 0.15) is 0 Å². The largest absolute Gasteiger partial charge is 0.473 e. The Balaban J connectivity index is 0.000000380. The van der Waals surface area contributed by atoms with Crippen molar-refractivity contribution < 1.29 is 19.8 Å². The van der Waals surface area contributed by atoms with Crippen LogP contribution in [0.3, 0.4) is 0 Å². The molecule has 27 heavy (non-hydrogen) atoms. The zero-order valence-corrected chi connectivity index (χ0v) is 16.4. The molecule has 3 N–H and O–H groups in total. The van der Waals surface area contributed by atoms with Gasteiger partial charge in [-0.1, -0.05) is 47.2 Å². The van der Waals surface area contributed by atoms with Gasteiger partial charge in [-0.25, -0.2) is 9.59 Å². The minimum absolute atomic E-state index is 0.707. The fraction of sp³-hybridized carbons (Fsp3) is 0.333. The summed E-state index contributed by atoms with van der Waals surface area (Å²) in [5.41, 5.74) is 4.24. The molecule has 1 heterocycles. The van der Waals surface area contributed by atoms with Gasteiger partial charge in [0, 0.05) is 9.79 Å². The maximum Gasteiger partial charge on any atom is 0.414 e. The lowest BCUT2D eigenvalue weighted by Crippen LogP contribution is -2.26. The Morgan fingerprint density at radius 1 is 0.926 bits per heavy atom. The maximum atomic E-state index is 9.10. The van der Waals surface area contributed by atoms with E-state index in [9.17, 15) is 0 Å². The molecule has 0 bridgehead atoms. The van der Waals surface area contributed by atoms with Crippen molar-refractivity contribution in [2.75, 3.05) is 13.1 Å². The summed E-state index contributed by atoms with van der Waals surface area (Å²) in [6.45, 7) is 6.63. The molecule has 0 unspecified atom stereocenters. The third-order valence-corrected chi connectivity index (χ3v) is 5.48. The minimum Gasteiger partial charge on any atom is -0.473 e. The van der Waals surface area contributed by atoms with E-state index in [0.29, 0.717) is 5.92 Å². The molecule has 1 fully saturated rings. The van der Waals surface area contributed by atoms with E-state index in [-0.39, 0.29) is 0 Å². The SMILES string of the molecule is Cc1ccc(Sc2ccc(C)cc2C2CCNCC2)cc1.O=C(O)C(=O)O. The number of rotatable bonds is 3. The van der Waals surface area contributed by atoms with Crippen LogP contribution >= 0.6 is 11.8 Å². The Labute approximate surface area is 163 Å². The molecule has 3 rings (SSSR count). The highest BCUT2D eigenvalue weighted by Crippen LogP contribution is 2.37. The van der Waals surface area contributed by atoms with E-state index in [1.165, 1.54) is 33.8 Å². The number of nitrogens with one attached hydrogen (secondary N) is 1. The van der Waals surface area contributed by atoms with Crippen molar-refractivity contribution in [2.45, 2.75) is 42.4 Å². The van der Waals surface area contributed by atoms with Crippen LogP contribution in [0, 0.1) is 13.8 Å². The number of carboxylic acids is 2. The Kier molecular flexibility index (Phi) is 7.88. The zero-order chi connectivity index (χ0) is 19.8. The summed E-state index contributed by atoms with van der Waals surface area (Å²) in [5, 5.41) is 18.3. The van der Waals surface area contributed by atoms with E-state index in [4.69, 9.17) is 19.8 Å². The second kappa shape index (κ2) is 10.1. The number of carbonyl (C=O) groups is 2. The second-order valence-corrected chi connectivity index (χ2v) is 7.71.